The number of morpholine rings is 1. The number of ether oxygens (including phenoxy) is 1. The fourth-order valence-electron chi connectivity index (χ4n) is 3.32. The molecule has 2 fully saturated rings. The van der Waals surface area contributed by atoms with Crippen LogP contribution in [-0.2, 0) is 4.74 Å². The highest BCUT2D eigenvalue weighted by Gasteiger charge is 2.28. The Hall–Kier alpha value is -0.160. The first-order chi connectivity index (χ1) is 8.70. The standard InChI is InChI=1S/C14H29N3O/c1-3-17-8-9-18-12(11-17)10-16(2)14-7-5-4-6-13(14)15/h12-14H,3-11,15H2,1-2H3. The maximum Gasteiger partial charge on any atom is 0.0829 e. The van der Waals surface area contributed by atoms with Crippen LogP contribution in [0.2, 0.25) is 0 Å². The number of nitrogens with zero attached hydrogens (tertiary/aromatic N) is 2. The predicted octanol–water partition coefficient (Wildman–Crippen LogP) is 0.909. The molecule has 0 radical (unpaired) electrons. The molecule has 4 heteroatoms. The molecule has 2 rings (SSSR count). The van der Waals surface area contributed by atoms with E-state index in [1.54, 1.807) is 0 Å². The largest absolute Gasteiger partial charge is 0.374 e. The molecule has 2 N–H and O–H groups in total. The van der Waals surface area contributed by atoms with Gasteiger partial charge in [-0.15, -0.1) is 0 Å². The molecule has 18 heavy (non-hydrogen) atoms. The maximum atomic E-state index is 6.25. The van der Waals surface area contributed by atoms with Gasteiger partial charge in [-0.1, -0.05) is 19.8 Å². The molecule has 4 nitrogen and oxygen atoms in total. The molecule has 0 aromatic heterocycles. The lowest BCUT2D eigenvalue weighted by Crippen LogP contribution is -2.53. The molecule has 1 saturated carbocycles. The van der Waals surface area contributed by atoms with Crippen LogP contribution in [0.3, 0.4) is 0 Å². The summed E-state index contributed by atoms with van der Waals surface area (Å²) in [4.78, 5) is 4.91. The quantitative estimate of drug-likeness (QED) is 0.811. The van der Waals surface area contributed by atoms with E-state index in [9.17, 15) is 0 Å². The normalized spacial score (nSPS) is 35.0. The molecule has 2 aliphatic rings. The minimum Gasteiger partial charge on any atom is -0.374 e. The van der Waals surface area contributed by atoms with Gasteiger partial charge in [0, 0.05) is 31.7 Å². The van der Waals surface area contributed by atoms with Gasteiger partial charge < -0.3 is 10.5 Å². The first-order valence-electron chi connectivity index (χ1n) is 7.50. The molecule has 0 amide bonds. The summed E-state index contributed by atoms with van der Waals surface area (Å²) in [7, 11) is 2.21. The van der Waals surface area contributed by atoms with Gasteiger partial charge in [0.1, 0.15) is 0 Å². The number of rotatable bonds is 4. The van der Waals surface area contributed by atoms with Crippen molar-refractivity contribution in [1.82, 2.24) is 9.80 Å². The van der Waals surface area contributed by atoms with Crippen LogP contribution in [0.1, 0.15) is 32.6 Å². The molecule has 0 spiro atoms. The van der Waals surface area contributed by atoms with Crippen molar-refractivity contribution in [1.29, 1.82) is 0 Å². The topological polar surface area (TPSA) is 41.7 Å². The SMILES string of the molecule is CCN1CCOC(CN(C)C2CCCCC2N)C1. The Balaban J connectivity index is 1.80. The monoisotopic (exact) mass is 255 g/mol. The molecular weight excluding hydrogens is 226 g/mol. The average molecular weight is 255 g/mol. The summed E-state index contributed by atoms with van der Waals surface area (Å²) in [5.74, 6) is 0. The Morgan fingerprint density at radius 1 is 1.33 bits per heavy atom. The zero-order valence-corrected chi connectivity index (χ0v) is 12.0. The van der Waals surface area contributed by atoms with E-state index in [0.717, 1.165) is 32.8 Å². The van der Waals surface area contributed by atoms with Gasteiger partial charge in [-0.05, 0) is 26.4 Å². The third-order valence-corrected chi connectivity index (χ3v) is 4.51. The summed E-state index contributed by atoms with van der Waals surface area (Å²) in [6.45, 7) is 7.41. The predicted molar refractivity (Wildman–Crippen MR) is 74.7 cm³/mol. The van der Waals surface area contributed by atoms with E-state index in [1.807, 2.05) is 0 Å². The first kappa shape index (κ1) is 14.3. The van der Waals surface area contributed by atoms with Crippen LogP contribution >= 0.6 is 0 Å². The van der Waals surface area contributed by atoms with Gasteiger partial charge in [0.2, 0.25) is 0 Å². The van der Waals surface area contributed by atoms with Crippen molar-refractivity contribution >= 4 is 0 Å². The van der Waals surface area contributed by atoms with Gasteiger partial charge in [-0.25, -0.2) is 0 Å². The third kappa shape index (κ3) is 3.67. The van der Waals surface area contributed by atoms with Crippen molar-refractivity contribution in [3.05, 3.63) is 0 Å². The van der Waals surface area contributed by atoms with Crippen LogP contribution in [0.15, 0.2) is 0 Å². The van der Waals surface area contributed by atoms with E-state index in [1.165, 1.54) is 25.7 Å². The molecule has 1 aliphatic carbocycles. The van der Waals surface area contributed by atoms with Crippen LogP contribution in [0.5, 0.6) is 0 Å². The van der Waals surface area contributed by atoms with Crippen LogP contribution in [-0.4, -0.2) is 67.8 Å². The smallest absolute Gasteiger partial charge is 0.0829 e. The second kappa shape index (κ2) is 6.85. The van der Waals surface area contributed by atoms with E-state index in [-0.39, 0.29) is 0 Å². The van der Waals surface area contributed by atoms with Crippen molar-refractivity contribution in [2.75, 3.05) is 39.8 Å². The summed E-state index contributed by atoms with van der Waals surface area (Å²) in [6, 6.07) is 0.911. The molecule has 106 valence electrons. The fraction of sp³-hybridized carbons (Fsp3) is 1.00. The maximum absolute atomic E-state index is 6.25. The van der Waals surface area contributed by atoms with Crippen molar-refractivity contribution in [2.45, 2.75) is 50.8 Å². The van der Waals surface area contributed by atoms with E-state index in [4.69, 9.17) is 10.5 Å². The van der Waals surface area contributed by atoms with Crippen molar-refractivity contribution in [3.63, 3.8) is 0 Å². The Labute approximate surface area is 111 Å². The first-order valence-corrected chi connectivity index (χ1v) is 7.50. The second-order valence-electron chi connectivity index (χ2n) is 5.84. The fourth-order valence-corrected chi connectivity index (χ4v) is 3.32. The van der Waals surface area contributed by atoms with Crippen LogP contribution in [0.4, 0.5) is 0 Å². The molecular formula is C14H29N3O. The number of hydrogen-bond donors (Lipinski definition) is 1. The summed E-state index contributed by atoms with van der Waals surface area (Å²) in [6.07, 6.45) is 5.42. The minimum atomic E-state index is 0.356. The van der Waals surface area contributed by atoms with Crippen molar-refractivity contribution in [3.8, 4) is 0 Å². The zero-order chi connectivity index (χ0) is 13.0. The Morgan fingerprint density at radius 3 is 2.83 bits per heavy atom. The van der Waals surface area contributed by atoms with Crippen molar-refractivity contribution < 1.29 is 4.74 Å². The zero-order valence-electron chi connectivity index (χ0n) is 12.0. The van der Waals surface area contributed by atoms with Crippen LogP contribution < -0.4 is 5.73 Å². The minimum absolute atomic E-state index is 0.356. The lowest BCUT2D eigenvalue weighted by atomic mass is 9.90. The van der Waals surface area contributed by atoms with Gasteiger partial charge in [-0.3, -0.25) is 9.80 Å². The molecule has 0 bridgehead atoms. The van der Waals surface area contributed by atoms with Crippen LogP contribution in [0, 0.1) is 0 Å². The summed E-state index contributed by atoms with van der Waals surface area (Å²) >= 11 is 0. The number of hydrogen-bond acceptors (Lipinski definition) is 4. The second-order valence-corrected chi connectivity index (χ2v) is 5.84. The van der Waals surface area contributed by atoms with Gasteiger partial charge in [0.25, 0.3) is 0 Å². The summed E-state index contributed by atoms with van der Waals surface area (Å²) in [5, 5.41) is 0. The summed E-state index contributed by atoms with van der Waals surface area (Å²) < 4.78 is 5.88. The van der Waals surface area contributed by atoms with Crippen LogP contribution in [0.25, 0.3) is 0 Å². The number of likely N-dealkylation sites (N-methyl/N-ethyl adjacent to an activating group) is 2. The van der Waals surface area contributed by atoms with Gasteiger partial charge in [0.15, 0.2) is 0 Å². The van der Waals surface area contributed by atoms with Gasteiger partial charge >= 0.3 is 0 Å². The Kier molecular flexibility index (Phi) is 5.42. The Bertz CT molecular complexity index is 249. The lowest BCUT2D eigenvalue weighted by Gasteiger charge is -2.40. The van der Waals surface area contributed by atoms with Gasteiger partial charge in [0.05, 0.1) is 12.7 Å². The van der Waals surface area contributed by atoms with E-state index in [0.29, 0.717) is 18.2 Å². The van der Waals surface area contributed by atoms with E-state index < -0.39 is 0 Å². The van der Waals surface area contributed by atoms with Gasteiger partial charge in [-0.2, -0.15) is 0 Å². The highest BCUT2D eigenvalue weighted by atomic mass is 16.5. The number of nitrogens with two attached hydrogens (primary N) is 1. The molecule has 3 atom stereocenters. The molecule has 1 aliphatic heterocycles. The van der Waals surface area contributed by atoms with Crippen molar-refractivity contribution in [2.24, 2.45) is 5.73 Å². The molecule has 3 unspecified atom stereocenters. The molecule has 0 aromatic rings. The summed E-state index contributed by atoms with van der Waals surface area (Å²) in [5.41, 5.74) is 6.25. The third-order valence-electron chi connectivity index (χ3n) is 4.51. The van der Waals surface area contributed by atoms with E-state index >= 15 is 0 Å². The molecule has 1 heterocycles. The molecule has 0 aromatic carbocycles. The average Bonchev–Trinajstić information content (AvgIpc) is 2.39. The molecule has 1 saturated heterocycles. The Morgan fingerprint density at radius 2 is 2.11 bits per heavy atom. The highest BCUT2D eigenvalue weighted by Crippen LogP contribution is 2.21. The highest BCUT2D eigenvalue weighted by molar-refractivity contribution is 4.86. The van der Waals surface area contributed by atoms with E-state index in [2.05, 4.69) is 23.8 Å². The lowest BCUT2D eigenvalue weighted by molar-refractivity contribution is -0.0461.